The van der Waals surface area contributed by atoms with E-state index >= 15 is 0 Å². The molecular weight excluding hydrogens is 286 g/mol. The summed E-state index contributed by atoms with van der Waals surface area (Å²) in [6.45, 7) is 0.716. The van der Waals surface area contributed by atoms with Gasteiger partial charge in [-0.1, -0.05) is 25.7 Å². The van der Waals surface area contributed by atoms with Gasteiger partial charge in [0.15, 0.2) is 0 Å². The van der Waals surface area contributed by atoms with Gasteiger partial charge in [-0.3, -0.25) is 4.79 Å². The van der Waals surface area contributed by atoms with Crippen LogP contribution in [0.2, 0.25) is 0 Å². The Morgan fingerprint density at radius 2 is 2.10 bits per heavy atom. The lowest BCUT2D eigenvalue weighted by Crippen LogP contribution is -2.23. The zero-order valence-electron chi connectivity index (χ0n) is 12.0. The van der Waals surface area contributed by atoms with Crippen molar-refractivity contribution in [3.63, 3.8) is 0 Å². The summed E-state index contributed by atoms with van der Waals surface area (Å²) >= 11 is 1.30. The zero-order chi connectivity index (χ0) is 15.1. The molecule has 1 heterocycles. The number of carbonyl (C=O) groups is 2. The van der Waals surface area contributed by atoms with Crippen molar-refractivity contribution in [2.24, 2.45) is 5.92 Å². The van der Waals surface area contributed by atoms with Crippen LogP contribution in [0.15, 0.2) is 18.2 Å². The van der Waals surface area contributed by atoms with Gasteiger partial charge >= 0.3 is 5.97 Å². The molecule has 1 aromatic heterocycles. The van der Waals surface area contributed by atoms with Crippen molar-refractivity contribution in [1.29, 1.82) is 0 Å². The molecule has 0 atom stereocenters. The standard InChI is InChI=1S/C16H21NO3S/c18-15(19)10-8-13-7-9-14(21-13)16(20)17-11-3-6-12-4-1-2-5-12/h7-10,12H,1-6,11H2,(H,17,20)(H,18,19)/b10-8+. The topological polar surface area (TPSA) is 66.4 Å². The van der Waals surface area contributed by atoms with E-state index in [-0.39, 0.29) is 5.91 Å². The molecule has 0 aliphatic heterocycles. The molecule has 1 amide bonds. The molecule has 5 heteroatoms. The Morgan fingerprint density at radius 1 is 1.33 bits per heavy atom. The third-order valence-corrected chi connectivity index (χ3v) is 4.84. The molecule has 114 valence electrons. The Balaban J connectivity index is 1.71. The van der Waals surface area contributed by atoms with Crippen LogP contribution in [0.25, 0.3) is 6.08 Å². The van der Waals surface area contributed by atoms with Crippen molar-refractivity contribution < 1.29 is 14.7 Å². The van der Waals surface area contributed by atoms with E-state index < -0.39 is 5.97 Å². The molecule has 0 radical (unpaired) electrons. The Morgan fingerprint density at radius 3 is 2.81 bits per heavy atom. The highest BCUT2D eigenvalue weighted by Crippen LogP contribution is 2.28. The number of thiophene rings is 1. The molecule has 1 fully saturated rings. The first kappa shape index (κ1) is 15.8. The fourth-order valence-corrected chi connectivity index (χ4v) is 3.52. The summed E-state index contributed by atoms with van der Waals surface area (Å²) in [5, 5.41) is 11.5. The summed E-state index contributed by atoms with van der Waals surface area (Å²) in [6.07, 6.45) is 10.2. The molecule has 2 N–H and O–H groups in total. The first-order valence-corrected chi connectivity index (χ1v) is 8.26. The van der Waals surface area contributed by atoms with E-state index in [2.05, 4.69) is 5.32 Å². The summed E-state index contributed by atoms with van der Waals surface area (Å²) in [6, 6.07) is 3.50. The van der Waals surface area contributed by atoms with Crippen molar-refractivity contribution >= 4 is 29.3 Å². The molecule has 0 spiro atoms. The van der Waals surface area contributed by atoms with Crippen LogP contribution in [0.4, 0.5) is 0 Å². The molecule has 0 unspecified atom stereocenters. The third kappa shape index (κ3) is 5.34. The summed E-state index contributed by atoms with van der Waals surface area (Å²) in [5.41, 5.74) is 0. The second kappa shape index (κ2) is 7.98. The first-order valence-electron chi connectivity index (χ1n) is 7.44. The lowest BCUT2D eigenvalue weighted by atomic mass is 10.0. The highest BCUT2D eigenvalue weighted by atomic mass is 32.1. The van der Waals surface area contributed by atoms with Crippen molar-refractivity contribution in [3.05, 3.63) is 28.0 Å². The number of amides is 1. The Kier molecular flexibility index (Phi) is 5.99. The second-order valence-electron chi connectivity index (χ2n) is 5.42. The maximum Gasteiger partial charge on any atom is 0.328 e. The van der Waals surface area contributed by atoms with E-state index in [1.807, 2.05) is 0 Å². The quantitative estimate of drug-likeness (QED) is 0.598. The molecule has 0 bridgehead atoms. The third-order valence-electron chi connectivity index (χ3n) is 3.79. The maximum absolute atomic E-state index is 12.0. The van der Waals surface area contributed by atoms with Crippen LogP contribution in [0.3, 0.4) is 0 Å². The van der Waals surface area contributed by atoms with E-state index in [1.165, 1.54) is 49.5 Å². The van der Waals surface area contributed by atoms with Crippen molar-refractivity contribution in [2.75, 3.05) is 6.54 Å². The fraction of sp³-hybridized carbons (Fsp3) is 0.500. The van der Waals surface area contributed by atoms with Gasteiger partial charge in [-0.25, -0.2) is 4.79 Å². The molecule has 1 aliphatic rings. The van der Waals surface area contributed by atoms with Crippen LogP contribution in [0.5, 0.6) is 0 Å². The lowest BCUT2D eigenvalue weighted by Gasteiger charge is -2.08. The van der Waals surface area contributed by atoms with Crippen LogP contribution in [0.1, 0.15) is 53.1 Å². The van der Waals surface area contributed by atoms with Crippen LogP contribution in [-0.4, -0.2) is 23.5 Å². The molecule has 1 aromatic rings. The van der Waals surface area contributed by atoms with E-state index in [0.717, 1.165) is 23.3 Å². The highest BCUT2D eigenvalue weighted by Gasteiger charge is 2.14. The van der Waals surface area contributed by atoms with E-state index in [9.17, 15) is 9.59 Å². The van der Waals surface area contributed by atoms with E-state index in [4.69, 9.17) is 5.11 Å². The van der Waals surface area contributed by atoms with Crippen molar-refractivity contribution in [3.8, 4) is 0 Å². The van der Waals surface area contributed by atoms with Gasteiger partial charge in [0.25, 0.3) is 5.91 Å². The molecular formula is C16H21NO3S. The van der Waals surface area contributed by atoms with Crippen LogP contribution < -0.4 is 5.32 Å². The summed E-state index contributed by atoms with van der Waals surface area (Å²) < 4.78 is 0. The lowest BCUT2D eigenvalue weighted by molar-refractivity contribution is -0.131. The SMILES string of the molecule is O=C(O)/C=C/c1ccc(C(=O)NCCCC2CCCC2)s1. The largest absolute Gasteiger partial charge is 0.478 e. The van der Waals surface area contributed by atoms with Crippen LogP contribution in [0, 0.1) is 5.92 Å². The average Bonchev–Trinajstić information content (AvgIpc) is 3.12. The second-order valence-corrected chi connectivity index (χ2v) is 6.54. The molecule has 4 nitrogen and oxygen atoms in total. The van der Waals surface area contributed by atoms with Gasteiger partial charge < -0.3 is 10.4 Å². The molecule has 1 aliphatic carbocycles. The van der Waals surface area contributed by atoms with E-state index in [0.29, 0.717) is 11.4 Å². The number of hydrogen-bond donors (Lipinski definition) is 2. The Hall–Kier alpha value is -1.62. The van der Waals surface area contributed by atoms with Gasteiger partial charge in [0.05, 0.1) is 4.88 Å². The smallest absolute Gasteiger partial charge is 0.328 e. The molecule has 1 saturated carbocycles. The van der Waals surface area contributed by atoms with Gasteiger partial charge in [-0.2, -0.15) is 0 Å². The minimum atomic E-state index is -0.985. The number of carboxylic acids is 1. The Labute approximate surface area is 128 Å². The predicted octanol–water partition coefficient (Wildman–Crippen LogP) is 3.55. The monoisotopic (exact) mass is 307 g/mol. The molecule has 0 saturated heterocycles. The number of hydrogen-bond acceptors (Lipinski definition) is 3. The minimum absolute atomic E-state index is 0.0682. The van der Waals surface area contributed by atoms with Gasteiger partial charge in [-0.15, -0.1) is 11.3 Å². The first-order chi connectivity index (χ1) is 10.1. The van der Waals surface area contributed by atoms with E-state index in [1.54, 1.807) is 12.1 Å². The minimum Gasteiger partial charge on any atom is -0.478 e. The number of rotatable bonds is 7. The predicted molar refractivity (Wildman–Crippen MR) is 84.5 cm³/mol. The van der Waals surface area contributed by atoms with Gasteiger partial charge in [0.1, 0.15) is 0 Å². The number of nitrogens with one attached hydrogen (secondary N) is 1. The molecule has 0 aromatic carbocycles. The van der Waals surface area contributed by atoms with Crippen LogP contribution >= 0.6 is 11.3 Å². The fourth-order valence-electron chi connectivity index (χ4n) is 2.70. The molecule has 2 rings (SSSR count). The summed E-state index contributed by atoms with van der Waals surface area (Å²) in [5.74, 6) is -0.195. The number of carbonyl (C=O) groups excluding carboxylic acids is 1. The maximum atomic E-state index is 12.0. The van der Waals surface area contributed by atoms with Gasteiger partial charge in [0.2, 0.25) is 0 Å². The van der Waals surface area contributed by atoms with Gasteiger partial charge in [0, 0.05) is 17.5 Å². The normalized spacial score (nSPS) is 15.6. The zero-order valence-corrected chi connectivity index (χ0v) is 12.8. The number of carboxylic acid groups (broad SMARTS) is 1. The van der Waals surface area contributed by atoms with Gasteiger partial charge in [-0.05, 0) is 37.0 Å². The van der Waals surface area contributed by atoms with Crippen LogP contribution in [-0.2, 0) is 4.79 Å². The van der Waals surface area contributed by atoms with Crippen molar-refractivity contribution in [1.82, 2.24) is 5.32 Å². The van der Waals surface area contributed by atoms with Crippen molar-refractivity contribution in [2.45, 2.75) is 38.5 Å². The number of aliphatic carboxylic acids is 1. The summed E-state index contributed by atoms with van der Waals surface area (Å²) in [4.78, 5) is 23.8. The molecule has 21 heavy (non-hydrogen) atoms. The highest BCUT2D eigenvalue weighted by molar-refractivity contribution is 7.14. The summed E-state index contributed by atoms with van der Waals surface area (Å²) in [7, 11) is 0. The average molecular weight is 307 g/mol. The Bertz CT molecular complexity index is 515.